The number of benzene rings is 1. The summed E-state index contributed by atoms with van der Waals surface area (Å²) in [7, 11) is 0. The number of alkyl halides is 1. The lowest BCUT2D eigenvalue weighted by molar-refractivity contribution is 0.0645. The summed E-state index contributed by atoms with van der Waals surface area (Å²) in [4.78, 5) is 16.3. The van der Waals surface area contributed by atoms with Crippen LogP contribution in [0.4, 0.5) is 4.39 Å². The Morgan fingerprint density at radius 2 is 1.78 bits per heavy atom. The average Bonchev–Trinajstić information content (AvgIpc) is 2.40. The number of piperazine rings is 1. The molecule has 1 amide bonds. The summed E-state index contributed by atoms with van der Waals surface area (Å²) in [6, 6.07) is 5.74. The zero-order valence-electron chi connectivity index (χ0n) is 10.1. The molecule has 1 aromatic carbocycles. The van der Waals surface area contributed by atoms with Gasteiger partial charge in [-0.2, -0.15) is 0 Å². The number of hydrogen-bond acceptors (Lipinski definition) is 2. The van der Waals surface area contributed by atoms with Crippen LogP contribution in [0, 0.1) is 5.82 Å². The van der Waals surface area contributed by atoms with Crippen LogP contribution in [0.5, 0.6) is 0 Å². The maximum atomic E-state index is 12.8. The minimum absolute atomic E-state index is 0.00603. The number of halogens is 2. The molecule has 18 heavy (non-hydrogen) atoms. The highest BCUT2D eigenvalue weighted by Crippen LogP contribution is 2.10. The summed E-state index contributed by atoms with van der Waals surface area (Å²) < 4.78 is 12.8. The molecule has 0 radical (unpaired) electrons. The second kappa shape index (κ2) is 6.29. The van der Waals surface area contributed by atoms with Crippen molar-refractivity contribution in [2.75, 3.05) is 38.1 Å². The van der Waals surface area contributed by atoms with Crippen molar-refractivity contribution in [3.63, 3.8) is 0 Å². The molecule has 5 heteroatoms. The van der Waals surface area contributed by atoms with E-state index in [1.807, 2.05) is 4.90 Å². The number of hydrogen-bond donors (Lipinski definition) is 0. The molecule has 0 atom stereocenters. The number of rotatable bonds is 3. The van der Waals surface area contributed by atoms with Gasteiger partial charge in [0.25, 0.3) is 5.91 Å². The standard InChI is InChI=1S/C13H16BrFN2O/c14-5-6-16-7-9-17(10-8-16)13(18)11-1-3-12(15)4-2-11/h1-4H,5-10H2. The zero-order chi connectivity index (χ0) is 13.0. The number of carbonyl (C=O) groups is 1. The number of amides is 1. The normalized spacial score (nSPS) is 16.9. The van der Waals surface area contributed by atoms with Crippen LogP contribution in [0.1, 0.15) is 10.4 Å². The monoisotopic (exact) mass is 314 g/mol. The van der Waals surface area contributed by atoms with Crippen molar-refractivity contribution in [3.8, 4) is 0 Å². The highest BCUT2D eigenvalue weighted by Gasteiger charge is 2.21. The Labute approximate surface area is 115 Å². The van der Waals surface area contributed by atoms with E-state index in [1.165, 1.54) is 12.1 Å². The van der Waals surface area contributed by atoms with Gasteiger partial charge in [0.05, 0.1) is 0 Å². The molecule has 0 spiro atoms. The lowest BCUT2D eigenvalue weighted by atomic mass is 10.2. The first-order valence-electron chi connectivity index (χ1n) is 6.04. The lowest BCUT2D eigenvalue weighted by Gasteiger charge is -2.34. The molecule has 0 aromatic heterocycles. The molecule has 2 rings (SSSR count). The van der Waals surface area contributed by atoms with E-state index in [0.29, 0.717) is 5.56 Å². The molecular formula is C13H16BrFN2O. The van der Waals surface area contributed by atoms with Crippen LogP contribution in [0.2, 0.25) is 0 Å². The molecule has 0 bridgehead atoms. The summed E-state index contributed by atoms with van der Waals surface area (Å²) in [5.41, 5.74) is 0.561. The van der Waals surface area contributed by atoms with Crippen molar-refractivity contribution in [3.05, 3.63) is 35.6 Å². The van der Waals surface area contributed by atoms with Crippen molar-refractivity contribution in [2.24, 2.45) is 0 Å². The molecule has 1 aliphatic rings. The molecule has 1 aromatic rings. The minimum atomic E-state index is -0.311. The number of nitrogens with zero attached hydrogens (tertiary/aromatic N) is 2. The fraction of sp³-hybridized carbons (Fsp3) is 0.462. The average molecular weight is 315 g/mol. The quantitative estimate of drug-likeness (QED) is 0.797. The van der Waals surface area contributed by atoms with Gasteiger partial charge in [0.15, 0.2) is 0 Å². The van der Waals surface area contributed by atoms with Gasteiger partial charge in [0, 0.05) is 43.6 Å². The second-order valence-electron chi connectivity index (χ2n) is 4.33. The largest absolute Gasteiger partial charge is 0.336 e. The molecule has 0 N–H and O–H groups in total. The SMILES string of the molecule is O=C(c1ccc(F)cc1)N1CCN(CCBr)CC1. The Balaban J connectivity index is 1.93. The van der Waals surface area contributed by atoms with Crippen LogP contribution in [-0.4, -0.2) is 53.8 Å². The third-order valence-electron chi connectivity index (χ3n) is 3.15. The Hall–Kier alpha value is -0.940. The molecule has 0 unspecified atom stereocenters. The maximum Gasteiger partial charge on any atom is 0.253 e. The maximum absolute atomic E-state index is 12.8. The topological polar surface area (TPSA) is 23.6 Å². The van der Waals surface area contributed by atoms with Crippen molar-refractivity contribution < 1.29 is 9.18 Å². The Bertz CT molecular complexity index is 402. The Kier molecular flexibility index (Phi) is 4.72. The van der Waals surface area contributed by atoms with Gasteiger partial charge in [-0.05, 0) is 24.3 Å². The highest BCUT2D eigenvalue weighted by atomic mass is 79.9. The first kappa shape index (κ1) is 13.5. The van der Waals surface area contributed by atoms with Gasteiger partial charge in [-0.15, -0.1) is 0 Å². The fourth-order valence-electron chi connectivity index (χ4n) is 2.07. The van der Waals surface area contributed by atoms with E-state index in [9.17, 15) is 9.18 Å². The van der Waals surface area contributed by atoms with E-state index in [2.05, 4.69) is 20.8 Å². The van der Waals surface area contributed by atoms with E-state index >= 15 is 0 Å². The predicted octanol–water partition coefficient (Wildman–Crippen LogP) is 1.98. The molecule has 0 aliphatic carbocycles. The summed E-state index contributed by atoms with van der Waals surface area (Å²) >= 11 is 3.41. The van der Waals surface area contributed by atoms with Gasteiger partial charge >= 0.3 is 0 Å². The van der Waals surface area contributed by atoms with Crippen LogP contribution < -0.4 is 0 Å². The van der Waals surface area contributed by atoms with Gasteiger partial charge in [-0.3, -0.25) is 9.69 Å². The van der Waals surface area contributed by atoms with Crippen LogP contribution in [0.25, 0.3) is 0 Å². The van der Waals surface area contributed by atoms with Crippen molar-refractivity contribution >= 4 is 21.8 Å². The van der Waals surface area contributed by atoms with E-state index in [4.69, 9.17) is 0 Å². The Morgan fingerprint density at radius 1 is 1.17 bits per heavy atom. The predicted molar refractivity (Wildman–Crippen MR) is 72.5 cm³/mol. The van der Waals surface area contributed by atoms with Gasteiger partial charge in [-0.25, -0.2) is 4.39 Å². The minimum Gasteiger partial charge on any atom is -0.336 e. The highest BCUT2D eigenvalue weighted by molar-refractivity contribution is 9.09. The summed E-state index contributed by atoms with van der Waals surface area (Å²) in [5.74, 6) is -0.317. The zero-order valence-corrected chi connectivity index (χ0v) is 11.7. The van der Waals surface area contributed by atoms with Crippen molar-refractivity contribution in [1.29, 1.82) is 0 Å². The summed E-state index contributed by atoms with van der Waals surface area (Å²) in [5, 5.41) is 0.957. The molecule has 1 heterocycles. The van der Waals surface area contributed by atoms with Gasteiger partial charge in [-0.1, -0.05) is 15.9 Å². The number of carbonyl (C=O) groups excluding carboxylic acids is 1. The molecule has 3 nitrogen and oxygen atoms in total. The molecule has 98 valence electrons. The first-order chi connectivity index (χ1) is 8.70. The van der Waals surface area contributed by atoms with E-state index < -0.39 is 0 Å². The lowest BCUT2D eigenvalue weighted by Crippen LogP contribution is -2.49. The third-order valence-corrected chi connectivity index (χ3v) is 3.51. The molecule has 1 aliphatic heterocycles. The van der Waals surface area contributed by atoms with Crippen LogP contribution in [0.15, 0.2) is 24.3 Å². The van der Waals surface area contributed by atoms with Crippen LogP contribution in [0.3, 0.4) is 0 Å². The molecule has 0 saturated carbocycles. The first-order valence-corrected chi connectivity index (χ1v) is 7.16. The summed E-state index contributed by atoms with van der Waals surface area (Å²) in [6.07, 6.45) is 0. The van der Waals surface area contributed by atoms with Gasteiger partial charge in [0.2, 0.25) is 0 Å². The Morgan fingerprint density at radius 3 is 2.33 bits per heavy atom. The molecular weight excluding hydrogens is 299 g/mol. The van der Waals surface area contributed by atoms with Crippen LogP contribution >= 0.6 is 15.9 Å². The van der Waals surface area contributed by atoms with E-state index in [0.717, 1.165) is 38.1 Å². The smallest absolute Gasteiger partial charge is 0.253 e. The molecule has 1 fully saturated rings. The molecule has 1 saturated heterocycles. The summed E-state index contributed by atoms with van der Waals surface area (Å²) in [6.45, 7) is 4.29. The van der Waals surface area contributed by atoms with Crippen LogP contribution in [-0.2, 0) is 0 Å². The van der Waals surface area contributed by atoms with Crippen molar-refractivity contribution in [2.45, 2.75) is 0 Å². The second-order valence-corrected chi connectivity index (χ2v) is 5.12. The van der Waals surface area contributed by atoms with E-state index in [1.54, 1.807) is 12.1 Å². The van der Waals surface area contributed by atoms with Gasteiger partial charge < -0.3 is 4.90 Å². The van der Waals surface area contributed by atoms with Crippen molar-refractivity contribution in [1.82, 2.24) is 9.80 Å². The van der Waals surface area contributed by atoms with E-state index in [-0.39, 0.29) is 11.7 Å². The van der Waals surface area contributed by atoms with Gasteiger partial charge in [0.1, 0.15) is 5.82 Å². The third kappa shape index (κ3) is 3.29. The fourth-order valence-corrected chi connectivity index (χ4v) is 2.57.